The lowest BCUT2D eigenvalue weighted by atomic mass is 10.1. The number of benzene rings is 1. The van der Waals surface area contributed by atoms with E-state index in [4.69, 9.17) is 5.26 Å². The van der Waals surface area contributed by atoms with Gasteiger partial charge < -0.3 is 0 Å². The van der Waals surface area contributed by atoms with Gasteiger partial charge in [0.05, 0.1) is 12.1 Å². The Morgan fingerprint density at radius 3 is 1.76 bits per heavy atom. The van der Waals surface area contributed by atoms with Gasteiger partial charge >= 0.3 is 0 Å². The molecule has 0 aliphatic heterocycles. The molecule has 1 heterocycles. The first-order chi connectivity index (χ1) is 11.6. The van der Waals surface area contributed by atoms with Gasteiger partial charge in [0.15, 0.2) is 23.3 Å². The SMILES string of the molecule is Cc1c(C)[n+](C(C)C)c(-c2c(F)c(F)c(C#N)c(F)c2F)n1C(C)C. The molecular weight excluding hydrogens is 334 g/mol. The van der Waals surface area contributed by atoms with Crippen LogP contribution in [0.1, 0.15) is 56.7 Å². The van der Waals surface area contributed by atoms with Gasteiger partial charge in [-0.3, -0.25) is 0 Å². The van der Waals surface area contributed by atoms with Crippen LogP contribution in [0.15, 0.2) is 0 Å². The number of nitrogens with zero attached hydrogens (tertiary/aromatic N) is 3. The first-order valence-corrected chi connectivity index (χ1v) is 7.95. The van der Waals surface area contributed by atoms with E-state index in [0.29, 0.717) is 0 Å². The zero-order chi connectivity index (χ0) is 19.2. The maximum atomic E-state index is 14.6. The highest BCUT2D eigenvalue weighted by Gasteiger charge is 2.37. The van der Waals surface area contributed by atoms with Crippen molar-refractivity contribution in [3.05, 3.63) is 40.2 Å². The first-order valence-electron chi connectivity index (χ1n) is 7.95. The molecule has 0 amide bonds. The van der Waals surface area contributed by atoms with Gasteiger partial charge in [-0.05, 0) is 27.7 Å². The summed E-state index contributed by atoms with van der Waals surface area (Å²) < 4.78 is 60.8. The maximum Gasteiger partial charge on any atom is 0.295 e. The summed E-state index contributed by atoms with van der Waals surface area (Å²) in [5.74, 6) is -6.46. The minimum Gasteiger partial charge on any atom is -0.225 e. The van der Waals surface area contributed by atoms with E-state index in [1.807, 2.05) is 27.7 Å². The molecule has 2 aromatic rings. The van der Waals surface area contributed by atoms with Gasteiger partial charge in [-0.1, -0.05) is 0 Å². The first kappa shape index (κ1) is 19.0. The smallest absolute Gasteiger partial charge is 0.225 e. The summed E-state index contributed by atoms with van der Waals surface area (Å²) in [5.41, 5.74) is -0.580. The van der Waals surface area contributed by atoms with Gasteiger partial charge in [0, 0.05) is 13.8 Å². The minimum absolute atomic E-state index is 0.0392. The van der Waals surface area contributed by atoms with Crippen LogP contribution in [0.5, 0.6) is 0 Å². The minimum atomic E-state index is -1.68. The van der Waals surface area contributed by atoms with Crippen LogP contribution in [0.25, 0.3) is 11.4 Å². The fourth-order valence-electron chi connectivity index (χ4n) is 3.21. The maximum absolute atomic E-state index is 14.6. The molecule has 1 aromatic carbocycles. The number of aromatic nitrogens is 2. The zero-order valence-corrected chi connectivity index (χ0v) is 15.0. The summed E-state index contributed by atoms with van der Waals surface area (Å²) in [7, 11) is 0. The normalized spacial score (nSPS) is 11.5. The molecule has 0 unspecified atom stereocenters. The molecule has 3 nitrogen and oxygen atoms in total. The Morgan fingerprint density at radius 2 is 1.40 bits per heavy atom. The topological polar surface area (TPSA) is 32.6 Å². The Kier molecular flexibility index (Phi) is 4.94. The summed E-state index contributed by atoms with van der Waals surface area (Å²) in [5, 5.41) is 8.77. The Morgan fingerprint density at radius 1 is 0.920 bits per heavy atom. The summed E-state index contributed by atoms with van der Waals surface area (Å²) in [6, 6.07) is 0.772. The average Bonchev–Trinajstić information content (AvgIpc) is 2.78. The lowest BCUT2D eigenvalue weighted by Crippen LogP contribution is -2.41. The molecule has 1 aromatic heterocycles. The Balaban J connectivity index is 3.08. The highest BCUT2D eigenvalue weighted by atomic mass is 19.2. The van der Waals surface area contributed by atoms with Crippen LogP contribution in [-0.2, 0) is 0 Å². The van der Waals surface area contributed by atoms with E-state index < -0.39 is 34.4 Å². The van der Waals surface area contributed by atoms with Crippen molar-refractivity contribution in [2.75, 3.05) is 0 Å². The third-order valence-corrected chi connectivity index (χ3v) is 4.33. The second-order valence-corrected chi connectivity index (χ2v) is 6.54. The van der Waals surface area contributed by atoms with Gasteiger partial charge in [-0.15, -0.1) is 0 Å². The Labute approximate surface area is 144 Å². The molecule has 0 N–H and O–H groups in total. The molecule has 7 heteroatoms. The highest BCUT2D eigenvalue weighted by molar-refractivity contribution is 5.59. The van der Waals surface area contributed by atoms with E-state index in [1.165, 1.54) is 6.07 Å². The van der Waals surface area contributed by atoms with Gasteiger partial charge in [-0.2, -0.15) is 5.26 Å². The average molecular weight is 354 g/mol. The number of imidazole rings is 1. The van der Waals surface area contributed by atoms with E-state index in [1.54, 1.807) is 23.0 Å². The zero-order valence-electron chi connectivity index (χ0n) is 15.0. The Hall–Kier alpha value is -2.36. The van der Waals surface area contributed by atoms with E-state index in [9.17, 15) is 17.6 Å². The molecule has 2 rings (SSSR count). The molecule has 0 spiro atoms. The molecular formula is C18H20F4N3+. The largest absolute Gasteiger partial charge is 0.295 e. The standard InChI is InChI=1S/C18H20F4N3/c1-8(2)24-10(5)11(6)25(9(3)4)18(24)13-16(21)14(19)12(7-23)15(20)17(13)22/h8-9H,1-6H3/q+1. The summed E-state index contributed by atoms with van der Waals surface area (Å²) in [6.45, 7) is 10.8. The summed E-state index contributed by atoms with van der Waals surface area (Å²) in [4.78, 5) is 0. The molecule has 0 saturated heterocycles. The molecule has 0 bridgehead atoms. The molecule has 0 radical (unpaired) electrons. The monoisotopic (exact) mass is 354 g/mol. The van der Waals surface area contributed by atoms with Crippen LogP contribution in [0.3, 0.4) is 0 Å². The predicted molar refractivity (Wildman–Crippen MR) is 84.9 cm³/mol. The molecule has 134 valence electrons. The van der Waals surface area contributed by atoms with Crippen LogP contribution >= 0.6 is 0 Å². The van der Waals surface area contributed by atoms with Crippen LogP contribution in [0.2, 0.25) is 0 Å². The van der Waals surface area contributed by atoms with Gasteiger partial charge in [-0.25, -0.2) is 26.7 Å². The Bertz CT molecular complexity index is 829. The van der Waals surface area contributed by atoms with Crippen LogP contribution in [0, 0.1) is 48.4 Å². The van der Waals surface area contributed by atoms with E-state index in [-0.39, 0.29) is 17.9 Å². The number of halogens is 4. The lowest BCUT2D eigenvalue weighted by Gasteiger charge is -2.13. The van der Waals surface area contributed by atoms with Gasteiger partial charge in [0.2, 0.25) is 0 Å². The predicted octanol–water partition coefficient (Wildman–Crippen LogP) is 4.65. The molecule has 0 atom stereocenters. The van der Waals surface area contributed by atoms with Crippen molar-refractivity contribution in [1.29, 1.82) is 5.26 Å². The third kappa shape index (κ3) is 2.70. The van der Waals surface area contributed by atoms with Crippen molar-refractivity contribution in [3.63, 3.8) is 0 Å². The van der Waals surface area contributed by atoms with Crippen molar-refractivity contribution >= 4 is 0 Å². The summed E-state index contributed by atoms with van der Waals surface area (Å²) in [6.07, 6.45) is 0. The molecule has 0 fully saturated rings. The van der Waals surface area contributed by atoms with Crippen LogP contribution in [0.4, 0.5) is 17.6 Å². The number of hydrogen-bond acceptors (Lipinski definition) is 1. The second-order valence-electron chi connectivity index (χ2n) is 6.54. The fraction of sp³-hybridized carbons (Fsp3) is 0.444. The van der Waals surface area contributed by atoms with E-state index in [0.717, 1.165) is 11.4 Å². The van der Waals surface area contributed by atoms with Crippen LogP contribution < -0.4 is 4.57 Å². The quantitative estimate of drug-likeness (QED) is 0.449. The molecule has 0 aliphatic rings. The van der Waals surface area contributed by atoms with Crippen molar-refractivity contribution in [1.82, 2.24) is 4.57 Å². The molecule has 25 heavy (non-hydrogen) atoms. The van der Waals surface area contributed by atoms with Crippen molar-refractivity contribution in [2.45, 2.75) is 53.6 Å². The lowest BCUT2D eigenvalue weighted by molar-refractivity contribution is -0.710. The highest BCUT2D eigenvalue weighted by Crippen LogP contribution is 2.34. The number of hydrogen-bond donors (Lipinski definition) is 0. The van der Waals surface area contributed by atoms with Crippen molar-refractivity contribution < 1.29 is 22.1 Å². The molecule has 0 saturated carbocycles. The number of nitriles is 1. The van der Waals surface area contributed by atoms with Gasteiger partial charge in [0.1, 0.15) is 28.6 Å². The fourth-order valence-corrected chi connectivity index (χ4v) is 3.21. The van der Waals surface area contributed by atoms with Crippen LogP contribution in [-0.4, -0.2) is 4.57 Å². The van der Waals surface area contributed by atoms with E-state index >= 15 is 0 Å². The third-order valence-electron chi connectivity index (χ3n) is 4.33. The second kappa shape index (κ2) is 6.51. The molecule has 0 aliphatic carbocycles. The van der Waals surface area contributed by atoms with Gasteiger partial charge in [0.25, 0.3) is 5.82 Å². The summed E-state index contributed by atoms with van der Waals surface area (Å²) >= 11 is 0. The van der Waals surface area contributed by atoms with Crippen molar-refractivity contribution in [2.24, 2.45) is 0 Å². The van der Waals surface area contributed by atoms with E-state index in [2.05, 4.69) is 0 Å². The number of rotatable bonds is 3. The van der Waals surface area contributed by atoms with Crippen molar-refractivity contribution in [3.8, 4) is 17.5 Å².